The molecule has 0 aliphatic rings. The molecule has 84 valence electrons. The second-order valence-corrected chi connectivity index (χ2v) is 3.70. The predicted octanol–water partition coefficient (Wildman–Crippen LogP) is 0.214. The molecule has 2 N–H and O–H groups in total. The van der Waals surface area contributed by atoms with Gasteiger partial charge in [0.15, 0.2) is 0 Å². The molecule has 1 amide bonds. The fourth-order valence-electron chi connectivity index (χ4n) is 1.19. The van der Waals surface area contributed by atoms with Crippen molar-refractivity contribution >= 4 is 5.91 Å². The fourth-order valence-corrected chi connectivity index (χ4v) is 1.19. The number of amides is 1. The third-order valence-corrected chi connectivity index (χ3v) is 2.35. The molecule has 0 aliphatic heterocycles. The van der Waals surface area contributed by atoms with Crippen molar-refractivity contribution < 1.29 is 9.90 Å². The van der Waals surface area contributed by atoms with Gasteiger partial charge in [-0.05, 0) is 20.4 Å². The SMILES string of the molecule is CCNC(C)CC(=O)N(C)C(C)CO. The summed E-state index contributed by atoms with van der Waals surface area (Å²) < 4.78 is 0. The molecule has 4 heteroatoms. The third-order valence-electron chi connectivity index (χ3n) is 2.35. The maximum Gasteiger partial charge on any atom is 0.224 e. The zero-order valence-corrected chi connectivity index (χ0v) is 9.58. The van der Waals surface area contributed by atoms with E-state index in [9.17, 15) is 4.79 Å². The number of nitrogens with zero attached hydrogens (tertiary/aromatic N) is 1. The van der Waals surface area contributed by atoms with Crippen molar-refractivity contribution in [3.8, 4) is 0 Å². The van der Waals surface area contributed by atoms with Gasteiger partial charge in [0.25, 0.3) is 0 Å². The van der Waals surface area contributed by atoms with Gasteiger partial charge in [-0.15, -0.1) is 0 Å². The van der Waals surface area contributed by atoms with E-state index in [1.54, 1.807) is 11.9 Å². The Hall–Kier alpha value is -0.610. The maximum absolute atomic E-state index is 11.6. The van der Waals surface area contributed by atoms with Crippen molar-refractivity contribution in [2.45, 2.75) is 39.3 Å². The first kappa shape index (κ1) is 13.4. The Morgan fingerprint density at radius 2 is 2.07 bits per heavy atom. The van der Waals surface area contributed by atoms with E-state index in [2.05, 4.69) is 5.32 Å². The van der Waals surface area contributed by atoms with Gasteiger partial charge in [-0.3, -0.25) is 4.79 Å². The molecular formula is C10H22N2O2. The van der Waals surface area contributed by atoms with Crippen LogP contribution in [0.25, 0.3) is 0 Å². The lowest BCUT2D eigenvalue weighted by molar-refractivity contribution is -0.132. The minimum absolute atomic E-state index is 0.0117. The quantitative estimate of drug-likeness (QED) is 0.647. The lowest BCUT2D eigenvalue weighted by Crippen LogP contribution is -2.40. The predicted molar refractivity (Wildman–Crippen MR) is 57.1 cm³/mol. The number of aliphatic hydroxyl groups is 1. The largest absolute Gasteiger partial charge is 0.394 e. The second-order valence-electron chi connectivity index (χ2n) is 3.70. The molecular weight excluding hydrogens is 180 g/mol. The highest BCUT2D eigenvalue weighted by molar-refractivity contribution is 5.76. The number of hydrogen-bond donors (Lipinski definition) is 2. The third kappa shape index (κ3) is 4.58. The van der Waals surface area contributed by atoms with E-state index in [1.165, 1.54) is 0 Å². The molecule has 0 saturated carbocycles. The summed E-state index contributed by atoms with van der Waals surface area (Å²) in [5.41, 5.74) is 0. The summed E-state index contributed by atoms with van der Waals surface area (Å²) >= 11 is 0. The monoisotopic (exact) mass is 202 g/mol. The first-order chi connectivity index (χ1) is 6.52. The van der Waals surface area contributed by atoms with Gasteiger partial charge in [0, 0.05) is 19.5 Å². The summed E-state index contributed by atoms with van der Waals surface area (Å²) in [6.07, 6.45) is 0.481. The summed E-state index contributed by atoms with van der Waals surface area (Å²) in [5, 5.41) is 12.1. The number of carbonyl (C=O) groups is 1. The molecule has 0 aliphatic carbocycles. The summed E-state index contributed by atoms with van der Waals surface area (Å²) in [6.45, 7) is 6.71. The van der Waals surface area contributed by atoms with Crippen LogP contribution in [-0.4, -0.2) is 48.2 Å². The molecule has 0 fully saturated rings. The standard InChI is InChI=1S/C10H22N2O2/c1-5-11-8(2)6-10(14)12(4)9(3)7-13/h8-9,11,13H,5-7H2,1-4H3. The van der Waals surface area contributed by atoms with Crippen LogP contribution in [0.1, 0.15) is 27.2 Å². The molecule has 0 aromatic heterocycles. The lowest BCUT2D eigenvalue weighted by atomic mass is 10.2. The summed E-state index contributed by atoms with van der Waals surface area (Å²) in [4.78, 5) is 13.2. The number of aliphatic hydroxyl groups excluding tert-OH is 1. The Balaban J connectivity index is 3.94. The van der Waals surface area contributed by atoms with Crippen molar-refractivity contribution in [2.75, 3.05) is 20.2 Å². The van der Waals surface area contributed by atoms with E-state index >= 15 is 0 Å². The molecule has 14 heavy (non-hydrogen) atoms. The van der Waals surface area contributed by atoms with E-state index in [4.69, 9.17) is 5.11 Å². The maximum atomic E-state index is 11.6. The summed E-state index contributed by atoms with van der Waals surface area (Å²) in [6, 6.07) is 0.0946. The second kappa shape index (κ2) is 6.79. The zero-order chi connectivity index (χ0) is 11.1. The van der Waals surface area contributed by atoms with Gasteiger partial charge in [0.05, 0.1) is 12.6 Å². The molecule has 0 bridgehead atoms. The topological polar surface area (TPSA) is 52.6 Å². The Labute approximate surface area is 86.3 Å². The Bertz CT molecular complexity index is 174. The molecule has 0 radical (unpaired) electrons. The average Bonchev–Trinajstić information content (AvgIpc) is 2.15. The van der Waals surface area contributed by atoms with Crippen molar-refractivity contribution in [2.24, 2.45) is 0 Å². The number of likely N-dealkylation sites (N-methyl/N-ethyl adjacent to an activating group) is 1. The van der Waals surface area contributed by atoms with Crippen LogP contribution in [0.15, 0.2) is 0 Å². The van der Waals surface area contributed by atoms with Crippen LogP contribution in [-0.2, 0) is 4.79 Å². The first-order valence-corrected chi connectivity index (χ1v) is 5.12. The highest BCUT2D eigenvalue weighted by atomic mass is 16.3. The van der Waals surface area contributed by atoms with E-state index in [1.807, 2.05) is 20.8 Å². The number of carbonyl (C=O) groups excluding carboxylic acids is 1. The van der Waals surface area contributed by atoms with Crippen LogP contribution in [0, 0.1) is 0 Å². The number of hydrogen-bond acceptors (Lipinski definition) is 3. The van der Waals surface area contributed by atoms with Gasteiger partial charge < -0.3 is 15.3 Å². The number of rotatable bonds is 6. The highest BCUT2D eigenvalue weighted by Gasteiger charge is 2.16. The van der Waals surface area contributed by atoms with E-state index in [0.29, 0.717) is 6.42 Å². The molecule has 4 nitrogen and oxygen atoms in total. The Morgan fingerprint density at radius 3 is 2.50 bits per heavy atom. The average molecular weight is 202 g/mol. The van der Waals surface area contributed by atoms with Crippen LogP contribution < -0.4 is 5.32 Å². The Kier molecular flexibility index (Phi) is 6.49. The van der Waals surface area contributed by atoms with Gasteiger partial charge in [-0.2, -0.15) is 0 Å². The van der Waals surface area contributed by atoms with E-state index in [0.717, 1.165) is 6.54 Å². The minimum Gasteiger partial charge on any atom is -0.394 e. The molecule has 0 rings (SSSR count). The minimum atomic E-state index is -0.101. The molecule has 0 spiro atoms. The molecule has 2 unspecified atom stereocenters. The van der Waals surface area contributed by atoms with Crippen LogP contribution in [0.4, 0.5) is 0 Å². The van der Waals surface area contributed by atoms with Crippen LogP contribution in [0.3, 0.4) is 0 Å². The van der Waals surface area contributed by atoms with Crippen LogP contribution in [0.5, 0.6) is 0 Å². The Morgan fingerprint density at radius 1 is 1.50 bits per heavy atom. The summed E-state index contributed by atoms with van der Waals surface area (Å²) in [7, 11) is 1.72. The molecule has 0 heterocycles. The molecule has 0 aromatic rings. The van der Waals surface area contributed by atoms with Crippen molar-refractivity contribution in [1.29, 1.82) is 0 Å². The lowest BCUT2D eigenvalue weighted by Gasteiger charge is -2.24. The molecule has 2 atom stereocenters. The van der Waals surface area contributed by atoms with Gasteiger partial charge in [0.1, 0.15) is 0 Å². The fraction of sp³-hybridized carbons (Fsp3) is 0.900. The van der Waals surface area contributed by atoms with Crippen molar-refractivity contribution in [1.82, 2.24) is 10.2 Å². The molecule has 0 saturated heterocycles. The van der Waals surface area contributed by atoms with Crippen molar-refractivity contribution in [3.05, 3.63) is 0 Å². The normalized spacial score (nSPS) is 14.9. The number of nitrogens with one attached hydrogen (secondary N) is 1. The van der Waals surface area contributed by atoms with Crippen molar-refractivity contribution in [3.63, 3.8) is 0 Å². The van der Waals surface area contributed by atoms with E-state index < -0.39 is 0 Å². The van der Waals surface area contributed by atoms with Gasteiger partial charge in [-0.25, -0.2) is 0 Å². The highest BCUT2D eigenvalue weighted by Crippen LogP contribution is 2.00. The van der Waals surface area contributed by atoms with Gasteiger partial charge in [-0.1, -0.05) is 6.92 Å². The molecule has 0 aromatic carbocycles. The van der Waals surface area contributed by atoms with Crippen LogP contribution in [0.2, 0.25) is 0 Å². The van der Waals surface area contributed by atoms with Gasteiger partial charge >= 0.3 is 0 Å². The zero-order valence-electron chi connectivity index (χ0n) is 9.58. The smallest absolute Gasteiger partial charge is 0.224 e. The van der Waals surface area contributed by atoms with Crippen LogP contribution >= 0.6 is 0 Å². The first-order valence-electron chi connectivity index (χ1n) is 5.12. The van der Waals surface area contributed by atoms with E-state index in [-0.39, 0.29) is 24.6 Å². The van der Waals surface area contributed by atoms with Gasteiger partial charge in [0.2, 0.25) is 5.91 Å². The summed E-state index contributed by atoms with van der Waals surface area (Å²) in [5.74, 6) is 0.0694.